The van der Waals surface area contributed by atoms with E-state index in [0.717, 1.165) is 24.9 Å². The van der Waals surface area contributed by atoms with E-state index in [2.05, 4.69) is 0 Å². The van der Waals surface area contributed by atoms with E-state index < -0.39 is 0 Å². The fraction of sp³-hybridized carbons (Fsp3) is 1.00. The fourth-order valence-electron chi connectivity index (χ4n) is 2.95. The van der Waals surface area contributed by atoms with Crippen LogP contribution in [0.1, 0.15) is 32.1 Å². The van der Waals surface area contributed by atoms with E-state index in [1.165, 1.54) is 25.7 Å². The van der Waals surface area contributed by atoms with E-state index in [-0.39, 0.29) is 5.54 Å². The Morgan fingerprint density at radius 2 is 1.92 bits per heavy atom. The highest BCUT2D eigenvalue weighted by Gasteiger charge is 2.61. The van der Waals surface area contributed by atoms with Gasteiger partial charge in [0.15, 0.2) is 0 Å². The van der Waals surface area contributed by atoms with Gasteiger partial charge in [-0.2, -0.15) is 0 Å². The van der Waals surface area contributed by atoms with E-state index in [4.69, 9.17) is 10.5 Å². The fourth-order valence-corrected chi connectivity index (χ4v) is 2.95. The molecular weight excluding hydrogens is 150 g/mol. The van der Waals surface area contributed by atoms with Crippen LogP contribution in [0.3, 0.4) is 0 Å². The van der Waals surface area contributed by atoms with Gasteiger partial charge in [0.05, 0.1) is 0 Å². The molecule has 2 saturated carbocycles. The largest absolute Gasteiger partial charge is 0.385 e. The molecule has 0 radical (unpaired) electrons. The van der Waals surface area contributed by atoms with Crippen LogP contribution >= 0.6 is 0 Å². The molecule has 0 amide bonds. The van der Waals surface area contributed by atoms with Crippen molar-refractivity contribution in [3.05, 3.63) is 0 Å². The number of ether oxygens (including phenoxy) is 1. The summed E-state index contributed by atoms with van der Waals surface area (Å²) in [6.45, 7) is 0.837. The maximum Gasteiger partial charge on any atom is 0.0479 e. The molecule has 0 spiro atoms. The Morgan fingerprint density at radius 3 is 2.42 bits per heavy atom. The molecule has 2 unspecified atom stereocenters. The molecule has 0 aromatic carbocycles. The topological polar surface area (TPSA) is 35.2 Å². The van der Waals surface area contributed by atoms with Gasteiger partial charge in [-0.3, -0.25) is 0 Å². The summed E-state index contributed by atoms with van der Waals surface area (Å²) in [5, 5.41) is 0. The summed E-state index contributed by atoms with van der Waals surface area (Å²) in [5.41, 5.74) is 6.48. The molecule has 0 aromatic heterocycles. The Labute approximate surface area is 74.5 Å². The lowest BCUT2D eigenvalue weighted by Crippen LogP contribution is -2.28. The van der Waals surface area contributed by atoms with Crippen LogP contribution in [0.25, 0.3) is 0 Å². The molecule has 12 heavy (non-hydrogen) atoms. The van der Waals surface area contributed by atoms with Crippen molar-refractivity contribution in [3.63, 3.8) is 0 Å². The van der Waals surface area contributed by atoms with Crippen LogP contribution in [-0.2, 0) is 4.74 Å². The average Bonchev–Trinajstić information content (AvgIpc) is 2.71. The van der Waals surface area contributed by atoms with E-state index in [1.807, 2.05) is 0 Å². The molecule has 2 fully saturated rings. The van der Waals surface area contributed by atoms with Crippen molar-refractivity contribution in [2.45, 2.75) is 37.6 Å². The van der Waals surface area contributed by atoms with Crippen LogP contribution in [-0.4, -0.2) is 19.3 Å². The maximum atomic E-state index is 6.30. The normalized spacial score (nSPS) is 45.5. The van der Waals surface area contributed by atoms with Crippen LogP contribution in [0.5, 0.6) is 0 Å². The Hall–Kier alpha value is -0.0800. The van der Waals surface area contributed by atoms with Crippen LogP contribution in [0.4, 0.5) is 0 Å². The Balaban J connectivity index is 1.87. The SMILES string of the molecule is COCCC1(N)C2CCCCC21. The highest BCUT2D eigenvalue weighted by Crippen LogP contribution is 2.58. The molecule has 2 aliphatic rings. The van der Waals surface area contributed by atoms with Crippen molar-refractivity contribution in [2.75, 3.05) is 13.7 Å². The van der Waals surface area contributed by atoms with E-state index in [1.54, 1.807) is 7.11 Å². The summed E-state index contributed by atoms with van der Waals surface area (Å²) in [6.07, 6.45) is 6.59. The number of methoxy groups -OCH3 is 1. The van der Waals surface area contributed by atoms with Gasteiger partial charge in [-0.15, -0.1) is 0 Å². The average molecular weight is 169 g/mol. The van der Waals surface area contributed by atoms with Gasteiger partial charge in [0, 0.05) is 19.3 Å². The van der Waals surface area contributed by atoms with Crippen molar-refractivity contribution in [2.24, 2.45) is 17.6 Å². The van der Waals surface area contributed by atoms with Gasteiger partial charge in [0.25, 0.3) is 0 Å². The van der Waals surface area contributed by atoms with Gasteiger partial charge in [-0.05, 0) is 31.1 Å². The van der Waals surface area contributed by atoms with Crippen LogP contribution in [0.15, 0.2) is 0 Å². The maximum absolute atomic E-state index is 6.30. The van der Waals surface area contributed by atoms with Gasteiger partial charge >= 0.3 is 0 Å². The number of hydrogen-bond acceptors (Lipinski definition) is 2. The molecule has 70 valence electrons. The van der Waals surface area contributed by atoms with Gasteiger partial charge in [-0.25, -0.2) is 0 Å². The standard InChI is InChI=1S/C10H19NO/c1-12-7-6-10(11)8-4-2-3-5-9(8)10/h8-9H,2-7,11H2,1H3. The molecule has 2 N–H and O–H groups in total. The lowest BCUT2D eigenvalue weighted by Gasteiger charge is -2.09. The Kier molecular flexibility index (Phi) is 2.13. The van der Waals surface area contributed by atoms with Crippen molar-refractivity contribution in [1.82, 2.24) is 0 Å². The number of rotatable bonds is 3. The Bertz CT molecular complexity index is 157. The summed E-state index contributed by atoms with van der Waals surface area (Å²) in [6, 6.07) is 0. The van der Waals surface area contributed by atoms with E-state index in [9.17, 15) is 0 Å². The summed E-state index contributed by atoms with van der Waals surface area (Å²) < 4.78 is 5.08. The zero-order valence-electron chi connectivity index (χ0n) is 7.88. The molecule has 2 aliphatic carbocycles. The third-order valence-corrected chi connectivity index (χ3v) is 3.78. The lowest BCUT2D eigenvalue weighted by atomic mass is 10.0. The number of nitrogens with two attached hydrogens (primary N) is 1. The van der Waals surface area contributed by atoms with Gasteiger partial charge in [0.2, 0.25) is 0 Å². The van der Waals surface area contributed by atoms with Gasteiger partial charge < -0.3 is 10.5 Å². The second-order valence-corrected chi connectivity index (χ2v) is 4.35. The Morgan fingerprint density at radius 1 is 1.33 bits per heavy atom. The highest BCUT2D eigenvalue weighted by atomic mass is 16.5. The van der Waals surface area contributed by atoms with Crippen LogP contribution < -0.4 is 5.73 Å². The number of hydrogen-bond donors (Lipinski definition) is 1. The first-order valence-electron chi connectivity index (χ1n) is 5.07. The van der Waals surface area contributed by atoms with Crippen molar-refractivity contribution in [3.8, 4) is 0 Å². The summed E-state index contributed by atoms with van der Waals surface area (Å²) >= 11 is 0. The van der Waals surface area contributed by atoms with Crippen LogP contribution in [0, 0.1) is 11.8 Å². The molecule has 2 atom stereocenters. The highest BCUT2D eigenvalue weighted by molar-refractivity contribution is 5.16. The monoisotopic (exact) mass is 169 g/mol. The first-order valence-corrected chi connectivity index (χ1v) is 5.07. The second-order valence-electron chi connectivity index (χ2n) is 4.35. The van der Waals surface area contributed by atoms with Crippen molar-refractivity contribution in [1.29, 1.82) is 0 Å². The van der Waals surface area contributed by atoms with E-state index in [0.29, 0.717) is 0 Å². The minimum Gasteiger partial charge on any atom is -0.385 e. The predicted octanol–water partition coefficient (Wildman–Crippen LogP) is 1.54. The molecular formula is C10H19NO. The van der Waals surface area contributed by atoms with Crippen LogP contribution in [0.2, 0.25) is 0 Å². The first-order chi connectivity index (χ1) is 5.79. The summed E-state index contributed by atoms with van der Waals surface area (Å²) in [7, 11) is 1.76. The third kappa shape index (κ3) is 1.17. The molecule has 0 bridgehead atoms. The molecule has 2 heteroatoms. The van der Waals surface area contributed by atoms with Crippen molar-refractivity contribution >= 4 is 0 Å². The molecule has 2 rings (SSSR count). The summed E-state index contributed by atoms with van der Waals surface area (Å²) in [5.74, 6) is 1.67. The smallest absolute Gasteiger partial charge is 0.0479 e. The zero-order chi connectivity index (χ0) is 8.60. The van der Waals surface area contributed by atoms with Crippen molar-refractivity contribution < 1.29 is 4.74 Å². The number of fused-ring (bicyclic) bond motifs is 1. The quantitative estimate of drug-likeness (QED) is 0.695. The third-order valence-electron chi connectivity index (χ3n) is 3.78. The molecule has 0 aromatic rings. The molecule has 0 heterocycles. The summed E-state index contributed by atoms with van der Waals surface area (Å²) in [4.78, 5) is 0. The minimum absolute atomic E-state index is 0.173. The minimum atomic E-state index is 0.173. The molecule has 0 saturated heterocycles. The lowest BCUT2D eigenvalue weighted by molar-refractivity contribution is 0.181. The second kappa shape index (κ2) is 3.00. The predicted molar refractivity (Wildman–Crippen MR) is 48.9 cm³/mol. The van der Waals surface area contributed by atoms with E-state index >= 15 is 0 Å². The van der Waals surface area contributed by atoms with Gasteiger partial charge in [0.1, 0.15) is 0 Å². The first kappa shape index (κ1) is 8.52. The molecule has 0 aliphatic heterocycles. The van der Waals surface area contributed by atoms with Gasteiger partial charge in [-0.1, -0.05) is 12.8 Å². The zero-order valence-corrected chi connectivity index (χ0v) is 7.88. The molecule has 2 nitrogen and oxygen atoms in total.